The smallest absolute Gasteiger partial charge is 0.335 e. The van der Waals surface area contributed by atoms with Crippen LogP contribution in [0, 0.1) is 0 Å². The normalized spacial score (nSPS) is 24.6. The predicted molar refractivity (Wildman–Crippen MR) is 78.6 cm³/mol. The molecule has 1 aromatic rings. The average Bonchev–Trinajstić information content (AvgIpc) is 3.04. The molecule has 6 nitrogen and oxygen atoms in total. The van der Waals surface area contributed by atoms with E-state index < -0.39 is 5.97 Å². The molecule has 2 aliphatic rings. The van der Waals surface area contributed by atoms with Crippen LogP contribution in [-0.2, 0) is 0 Å². The predicted octanol–water partition coefficient (Wildman–Crippen LogP) is 1.74. The van der Waals surface area contributed by atoms with Crippen molar-refractivity contribution >= 4 is 17.7 Å². The molecule has 2 aliphatic heterocycles. The Hall–Kier alpha value is -2.08. The lowest BCUT2D eigenvalue weighted by molar-refractivity contribution is 0.0697. The highest BCUT2D eigenvalue weighted by Crippen LogP contribution is 2.27. The number of carboxylic acids is 1. The van der Waals surface area contributed by atoms with Crippen LogP contribution in [0.4, 0.5) is 10.5 Å². The van der Waals surface area contributed by atoms with Gasteiger partial charge in [0.25, 0.3) is 0 Å². The molecule has 21 heavy (non-hydrogen) atoms. The molecule has 2 unspecified atom stereocenters. The third kappa shape index (κ3) is 3.00. The van der Waals surface area contributed by atoms with Crippen LogP contribution in [0.3, 0.4) is 0 Å². The van der Waals surface area contributed by atoms with Gasteiger partial charge in [0.2, 0.25) is 0 Å². The molecule has 0 aliphatic carbocycles. The summed E-state index contributed by atoms with van der Waals surface area (Å²) < 4.78 is 0. The van der Waals surface area contributed by atoms with Crippen molar-refractivity contribution in [3.8, 4) is 0 Å². The van der Waals surface area contributed by atoms with Crippen molar-refractivity contribution in [1.82, 2.24) is 10.2 Å². The van der Waals surface area contributed by atoms with Gasteiger partial charge in [-0.1, -0.05) is 6.07 Å². The van der Waals surface area contributed by atoms with E-state index in [2.05, 4.69) is 15.5 Å². The first-order valence-electron chi connectivity index (χ1n) is 7.28. The average molecular weight is 289 g/mol. The number of rotatable bonds is 3. The largest absolute Gasteiger partial charge is 0.478 e. The van der Waals surface area contributed by atoms with Crippen molar-refractivity contribution in [1.29, 1.82) is 0 Å². The highest BCUT2D eigenvalue weighted by atomic mass is 16.4. The molecule has 2 amide bonds. The number of nitrogens with zero attached hydrogens (tertiary/aromatic N) is 1. The van der Waals surface area contributed by atoms with Gasteiger partial charge in [-0.2, -0.15) is 0 Å². The number of amides is 2. The van der Waals surface area contributed by atoms with Crippen LogP contribution in [0.5, 0.6) is 0 Å². The van der Waals surface area contributed by atoms with E-state index in [9.17, 15) is 9.59 Å². The van der Waals surface area contributed by atoms with Gasteiger partial charge in [0.15, 0.2) is 0 Å². The lowest BCUT2D eigenvalue weighted by Crippen LogP contribution is -2.44. The van der Waals surface area contributed by atoms with Crippen LogP contribution in [0.1, 0.15) is 29.6 Å². The third-order valence-corrected chi connectivity index (χ3v) is 4.29. The molecule has 2 heterocycles. The second-order valence-electron chi connectivity index (χ2n) is 5.63. The van der Waals surface area contributed by atoms with E-state index in [4.69, 9.17) is 5.11 Å². The Bertz CT molecular complexity index is 561. The number of hydrogen-bond acceptors (Lipinski definition) is 3. The Morgan fingerprint density at radius 2 is 2.10 bits per heavy atom. The molecule has 3 N–H and O–H groups in total. The van der Waals surface area contributed by atoms with E-state index in [0.29, 0.717) is 11.7 Å². The standard InChI is InChI=1S/C15H19N3O3/c19-14(20)10-3-1-4-11(9-10)16-15(21)17-12-6-8-18-7-2-5-13(12)18/h1,3-4,9,12-13H,2,5-8H2,(H,19,20)(H2,16,17,21). The first kappa shape index (κ1) is 13.9. The van der Waals surface area contributed by atoms with Crippen LogP contribution in [0.25, 0.3) is 0 Å². The van der Waals surface area contributed by atoms with Gasteiger partial charge in [0, 0.05) is 24.3 Å². The number of carbonyl (C=O) groups excluding carboxylic acids is 1. The minimum Gasteiger partial charge on any atom is -0.478 e. The number of hydrogen-bond donors (Lipinski definition) is 3. The Labute approximate surface area is 123 Å². The summed E-state index contributed by atoms with van der Waals surface area (Å²) in [6, 6.07) is 6.64. The summed E-state index contributed by atoms with van der Waals surface area (Å²) in [7, 11) is 0. The van der Waals surface area contributed by atoms with E-state index in [1.807, 2.05) is 0 Å². The molecule has 2 fully saturated rings. The maximum atomic E-state index is 12.0. The Morgan fingerprint density at radius 3 is 2.90 bits per heavy atom. The van der Waals surface area contributed by atoms with Gasteiger partial charge in [-0.25, -0.2) is 9.59 Å². The number of carbonyl (C=O) groups is 2. The molecule has 0 spiro atoms. The molecule has 2 atom stereocenters. The van der Waals surface area contributed by atoms with Crippen molar-refractivity contribution in [3.05, 3.63) is 29.8 Å². The highest BCUT2D eigenvalue weighted by molar-refractivity contribution is 5.93. The van der Waals surface area contributed by atoms with Crippen molar-refractivity contribution in [2.75, 3.05) is 18.4 Å². The van der Waals surface area contributed by atoms with E-state index in [-0.39, 0.29) is 17.6 Å². The molecule has 6 heteroatoms. The lowest BCUT2D eigenvalue weighted by Gasteiger charge is -2.21. The van der Waals surface area contributed by atoms with E-state index in [0.717, 1.165) is 25.9 Å². The summed E-state index contributed by atoms with van der Waals surface area (Å²) in [4.78, 5) is 25.4. The Morgan fingerprint density at radius 1 is 1.24 bits per heavy atom. The summed E-state index contributed by atoms with van der Waals surface area (Å²) >= 11 is 0. The fraction of sp³-hybridized carbons (Fsp3) is 0.467. The zero-order valence-electron chi connectivity index (χ0n) is 11.7. The quantitative estimate of drug-likeness (QED) is 0.791. The highest BCUT2D eigenvalue weighted by Gasteiger charge is 2.37. The Balaban J connectivity index is 1.59. The number of anilines is 1. The number of carboxylic acid groups (broad SMARTS) is 1. The molecule has 0 saturated carbocycles. The first-order chi connectivity index (χ1) is 10.1. The molecule has 112 valence electrons. The van der Waals surface area contributed by atoms with Gasteiger partial charge in [-0.15, -0.1) is 0 Å². The third-order valence-electron chi connectivity index (χ3n) is 4.29. The van der Waals surface area contributed by atoms with Crippen LogP contribution in [-0.4, -0.2) is 47.2 Å². The van der Waals surface area contributed by atoms with E-state index in [1.54, 1.807) is 12.1 Å². The van der Waals surface area contributed by atoms with Crippen LogP contribution in [0.15, 0.2) is 24.3 Å². The van der Waals surface area contributed by atoms with Gasteiger partial charge in [0.05, 0.1) is 5.56 Å². The SMILES string of the molecule is O=C(Nc1cccc(C(=O)O)c1)NC1CCN2CCCC12. The number of aromatic carboxylic acids is 1. The number of urea groups is 1. The summed E-state index contributed by atoms with van der Waals surface area (Å²) in [6.07, 6.45) is 3.32. The topological polar surface area (TPSA) is 81.7 Å². The number of fused-ring (bicyclic) bond motifs is 1. The molecular weight excluding hydrogens is 270 g/mol. The van der Waals surface area contributed by atoms with Crippen LogP contribution in [0.2, 0.25) is 0 Å². The van der Waals surface area contributed by atoms with Gasteiger partial charge in [-0.05, 0) is 44.0 Å². The fourth-order valence-corrected chi connectivity index (χ4v) is 3.32. The van der Waals surface area contributed by atoms with Gasteiger partial charge in [0.1, 0.15) is 0 Å². The zero-order chi connectivity index (χ0) is 14.8. The fourth-order valence-electron chi connectivity index (χ4n) is 3.32. The summed E-state index contributed by atoms with van der Waals surface area (Å²) in [5, 5.41) is 14.7. The zero-order valence-corrected chi connectivity index (χ0v) is 11.7. The van der Waals surface area contributed by atoms with Crippen LogP contribution >= 0.6 is 0 Å². The summed E-state index contributed by atoms with van der Waals surface area (Å²) in [5.74, 6) is -1.00. The minimum atomic E-state index is -1.00. The summed E-state index contributed by atoms with van der Waals surface area (Å²) in [5.41, 5.74) is 0.657. The van der Waals surface area contributed by atoms with Crippen LogP contribution < -0.4 is 10.6 Å². The van der Waals surface area contributed by atoms with E-state index in [1.165, 1.54) is 18.6 Å². The number of nitrogens with one attached hydrogen (secondary N) is 2. The summed E-state index contributed by atoms with van der Waals surface area (Å²) in [6.45, 7) is 2.18. The first-order valence-corrected chi connectivity index (χ1v) is 7.28. The van der Waals surface area contributed by atoms with Crippen molar-refractivity contribution in [2.24, 2.45) is 0 Å². The molecule has 1 aromatic carbocycles. The minimum absolute atomic E-state index is 0.163. The monoisotopic (exact) mass is 289 g/mol. The van der Waals surface area contributed by atoms with Gasteiger partial charge in [-0.3, -0.25) is 4.90 Å². The molecule has 2 saturated heterocycles. The van der Waals surface area contributed by atoms with Crippen molar-refractivity contribution in [3.63, 3.8) is 0 Å². The Kier molecular flexibility index (Phi) is 3.79. The van der Waals surface area contributed by atoms with Gasteiger partial charge < -0.3 is 15.7 Å². The van der Waals surface area contributed by atoms with Crippen molar-refractivity contribution in [2.45, 2.75) is 31.3 Å². The molecule has 0 radical (unpaired) electrons. The maximum absolute atomic E-state index is 12.0. The molecular formula is C15H19N3O3. The molecule has 0 aromatic heterocycles. The lowest BCUT2D eigenvalue weighted by atomic mass is 10.1. The molecule has 3 rings (SSSR count). The maximum Gasteiger partial charge on any atom is 0.335 e. The molecule has 0 bridgehead atoms. The van der Waals surface area contributed by atoms with E-state index >= 15 is 0 Å². The second-order valence-corrected chi connectivity index (χ2v) is 5.63. The second kappa shape index (κ2) is 5.73. The van der Waals surface area contributed by atoms with Gasteiger partial charge >= 0.3 is 12.0 Å². The van der Waals surface area contributed by atoms with Crippen molar-refractivity contribution < 1.29 is 14.7 Å². The number of benzene rings is 1.